The fourth-order valence-corrected chi connectivity index (χ4v) is 5.77. The van der Waals surface area contributed by atoms with Crippen LogP contribution in [0.3, 0.4) is 0 Å². The van der Waals surface area contributed by atoms with E-state index in [0.717, 1.165) is 83.8 Å². The van der Waals surface area contributed by atoms with Crippen molar-refractivity contribution in [2.24, 2.45) is 0 Å². The number of ether oxygens (including phenoxy) is 4. The Morgan fingerprint density at radius 2 is 1.95 bits per heavy atom. The van der Waals surface area contributed by atoms with Gasteiger partial charge in [-0.3, -0.25) is 0 Å². The van der Waals surface area contributed by atoms with Gasteiger partial charge in [0.1, 0.15) is 12.1 Å². The lowest BCUT2D eigenvalue weighted by molar-refractivity contribution is 0.174. The van der Waals surface area contributed by atoms with E-state index in [2.05, 4.69) is 30.4 Å². The number of aromatic nitrogens is 2. The molecule has 3 aliphatic heterocycles. The highest BCUT2D eigenvalue weighted by atomic mass is 32.1. The third kappa shape index (κ3) is 5.95. The van der Waals surface area contributed by atoms with Gasteiger partial charge in [-0.2, -0.15) is 0 Å². The van der Waals surface area contributed by atoms with Crippen LogP contribution in [0.2, 0.25) is 0 Å². The van der Waals surface area contributed by atoms with Crippen LogP contribution in [0.25, 0.3) is 10.9 Å². The summed E-state index contributed by atoms with van der Waals surface area (Å²) >= 11 is 5.71. The Kier molecular flexibility index (Phi) is 8.19. The molecular formula is C29H36N6O4S. The van der Waals surface area contributed by atoms with Gasteiger partial charge in [0.05, 0.1) is 19.2 Å². The largest absolute Gasteiger partial charge is 0.493 e. The maximum Gasteiger partial charge on any atom is 0.231 e. The van der Waals surface area contributed by atoms with Crippen molar-refractivity contribution in [1.82, 2.24) is 25.5 Å². The van der Waals surface area contributed by atoms with Crippen LogP contribution in [0.4, 0.5) is 5.82 Å². The Morgan fingerprint density at radius 1 is 1.07 bits per heavy atom. The molecule has 0 aliphatic carbocycles. The van der Waals surface area contributed by atoms with E-state index in [0.29, 0.717) is 24.9 Å². The highest BCUT2D eigenvalue weighted by Crippen LogP contribution is 2.36. The van der Waals surface area contributed by atoms with E-state index >= 15 is 0 Å². The van der Waals surface area contributed by atoms with E-state index in [1.165, 1.54) is 19.3 Å². The standard InChI is InChI=1S/C29H36N6O4S/c1-36-25-15-22-23(16-27(25)37-13-7-21-4-2-3-8-30-21)32-18-33-28(22)34-9-11-35(12-10-34)29(40)31-17-20-5-6-24-26(14-20)39-19-38-24/h5-6,14-16,18,21,30H,2-4,7-13,17,19H2,1H3,(H,31,40). The molecule has 212 valence electrons. The molecule has 3 aliphatic rings. The Morgan fingerprint density at radius 3 is 2.77 bits per heavy atom. The molecule has 2 fully saturated rings. The summed E-state index contributed by atoms with van der Waals surface area (Å²) in [6, 6.07) is 10.5. The lowest BCUT2D eigenvalue weighted by atomic mass is 10.0. The van der Waals surface area contributed by atoms with Gasteiger partial charge in [0.15, 0.2) is 28.1 Å². The number of fused-ring (bicyclic) bond motifs is 2. The number of hydrogen-bond donors (Lipinski definition) is 2. The zero-order chi connectivity index (χ0) is 27.3. The molecule has 1 atom stereocenters. The van der Waals surface area contributed by atoms with Gasteiger partial charge in [0, 0.05) is 50.2 Å². The first-order valence-corrected chi connectivity index (χ1v) is 14.4. The monoisotopic (exact) mass is 564 g/mol. The highest BCUT2D eigenvalue weighted by Gasteiger charge is 2.23. The van der Waals surface area contributed by atoms with Crippen LogP contribution >= 0.6 is 12.2 Å². The first kappa shape index (κ1) is 26.6. The molecule has 1 aromatic heterocycles. The smallest absolute Gasteiger partial charge is 0.231 e. The maximum atomic E-state index is 6.16. The van der Waals surface area contributed by atoms with Gasteiger partial charge >= 0.3 is 0 Å². The Bertz CT molecular complexity index is 1340. The van der Waals surface area contributed by atoms with Crippen molar-refractivity contribution in [1.29, 1.82) is 0 Å². The van der Waals surface area contributed by atoms with E-state index in [9.17, 15) is 0 Å². The second-order valence-electron chi connectivity index (χ2n) is 10.3. The van der Waals surface area contributed by atoms with Crippen molar-refractivity contribution in [3.63, 3.8) is 0 Å². The Balaban J connectivity index is 1.06. The van der Waals surface area contributed by atoms with E-state index < -0.39 is 0 Å². The van der Waals surface area contributed by atoms with Gasteiger partial charge < -0.3 is 39.4 Å². The molecule has 0 saturated carbocycles. The molecule has 0 radical (unpaired) electrons. The predicted octanol–water partition coefficient (Wildman–Crippen LogP) is 3.47. The summed E-state index contributed by atoms with van der Waals surface area (Å²) in [5.74, 6) is 3.89. The fraction of sp³-hybridized carbons (Fsp3) is 0.483. The molecule has 2 N–H and O–H groups in total. The average molecular weight is 565 g/mol. The number of rotatable bonds is 8. The predicted molar refractivity (Wildman–Crippen MR) is 158 cm³/mol. The number of methoxy groups -OCH3 is 1. The summed E-state index contributed by atoms with van der Waals surface area (Å²) in [5, 5.41) is 8.67. The van der Waals surface area contributed by atoms with Gasteiger partial charge in [-0.1, -0.05) is 12.5 Å². The number of nitrogens with zero attached hydrogens (tertiary/aromatic N) is 4. The highest BCUT2D eigenvalue weighted by molar-refractivity contribution is 7.80. The van der Waals surface area contributed by atoms with Crippen LogP contribution in [-0.4, -0.2) is 79.3 Å². The minimum absolute atomic E-state index is 0.274. The van der Waals surface area contributed by atoms with Crippen molar-refractivity contribution in [2.75, 3.05) is 58.1 Å². The molecule has 2 aromatic carbocycles. The molecule has 6 rings (SSSR count). The van der Waals surface area contributed by atoms with Gasteiger partial charge in [-0.15, -0.1) is 0 Å². The van der Waals surface area contributed by atoms with E-state index in [-0.39, 0.29) is 6.79 Å². The SMILES string of the molecule is COc1cc2c(N3CCN(C(=S)NCc4ccc5c(c4)OCO5)CC3)ncnc2cc1OCCC1CCCCN1. The van der Waals surface area contributed by atoms with Gasteiger partial charge in [0.25, 0.3) is 0 Å². The van der Waals surface area contributed by atoms with Crippen molar-refractivity contribution >= 4 is 34.1 Å². The van der Waals surface area contributed by atoms with Crippen LogP contribution in [0, 0.1) is 0 Å². The van der Waals surface area contributed by atoms with Crippen molar-refractivity contribution in [2.45, 2.75) is 38.3 Å². The number of hydrogen-bond acceptors (Lipinski definition) is 9. The number of piperidine rings is 1. The van der Waals surface area contributed by atoms with Crippen molar-refractivity contribution in [3.8, 4) is 23.0 Å². The molecule has 3 aromatic rings. The first-order chi connectivity index (χ1) is 19.7. The van der Waals surface area contributed by atoms with Crippen LogP contribution in [0.5, 0.6) is 23.0 Å². The molecule has 11 heteroatoms. The minimum Gasteiger partial charge on any atom is -0.493 e. The number of anilines is 1. The number of thiocarbonyl (C=S) groups is 1. The van der Waals surface area contributed by atoms with Crippen LogP contribution in [0.1, 0.15) is 31.2 Å². The molecule has 40 heavy (non-hydrogen) atoms. The van der Waals surface area contributed by atoms with Crippen LogP contribution in [-0.2, 0) is 6.54 Å². The van der Waals surface area contributed by atoms with Gasteiger partial charge in [0.2, 0.25) is 6.79 Å². The second-order valence-corrected chi connectivity index (χ2v) is 10.7. The number of nitrogens with one attached hydrogen (secondary N) is 2. The normalized spacial score (nSPS) is 18.6. The van der Waals surface area contributed by atoms with E-state index in [4.69, 9.17) is 31.2 Å². The molecular weight excluding hydrogens is 528 g/mol. The van der Waals surface area contributed by atoms with Gasteiger partial charge in [-0.05, 0) is 61.8 Å². The quantitative estimate of drug-likeness (QED) is 0.394. The Hall–Kier alpha value is -3.57. The summed E-state index contributed by atoms with van der Waals surface area (Å²) in [6.07, 6.45) is 6.37. The average Bonchev–Trinajstić information content (AvgIpc) is 3.48. The Labute approximate surface area is 239 Å². The van der Waals surface area contributed by atoms with E-state index in [1.54, 1.807) is 13.4 Å². The lowest BCUT2D eigenvalue weighted by Gasteiger charge is -2.37. The zero-order valence-electron chi connectivity index (χ0n) is 22.9. The van der Waals surface area contributed by atoms with Crippen LogP contribution in [0.15, 0.2) is 36.7 Å². The van der Waals surface area contributed by atoms with Gasteiger partial charge in [-0.25, -0.2) is 9.97 Å². The van der Waals surface area contributed by atoms with Crippen molar-refractivity contribution in [3.05, 3.63) is 42.2 Å². The summed E-state index contributed by atoms with van der Waals surface area (Å²) in [6.45, 7) is 5.84. The third-order valence-electron chi connectivity index (χ3n) is 7.78. The summed E-state index contributed by atoms with van der Waals surface area (Å²) < 4.78 is 22.8. The fourth-order valence-electron chi connectivity index (χ4n) is 5.52. The minimum atomic E-state index is 0.274. The number of piperazine rings is 1. The third-order valence-corrected chi connectivity index (χ3v) is 8.19. The molecule has 1 unspecified atom stereocenters. The maximum absolute atomic E-state index is 6.16. The zero-order valence-corrected chi connectivity index (χ0v) is 23.7. The topological polar surface area (TPSA) is 93.2 Å². The molecule has 10 nitrogen and oxygen atoms in total. The molecule has 4 heterocycles. The lowest BCUT2D eigenvalue weighted by Crippen LogP contribution is -2.51. The molecule has 0 bridgehead atoms. The first-order valence-electron chi connectivity index (χ1n) is 14.0. The molecule has 0 spiro atoms. The second kappa shape index (κ2) is 12.3. The van der Waals surface area contributed by atoms with Crippen LogP contribution < -0.4 is 34.5 Å². The molecule has 2 saturated heterocycles. The summed E-state index contributed by atoms with van der Waals surface area (Å²) in [5.41, 5.74) is 1.94. The summed E-state index contributed by atoms with van der Waals surface area (Å²) in [7, 11) is 1.68. The summed E-state index contributed by atoms with van der Waals surface area (Å²) in [4.78, 5) is 13.7. The van der Waals surface area contributed by atoms with E-state index in [1.807, 2.05) is 30.3 Å². The molecule has 0 amide bonds. The van der Waals surface area contributed by atoms with Crippen molar-refractivity contribution < 1.29 is 18.9 Å². The number of benzene rings is 2.